The number of halogens is 1. The number of benzene rings is 3. The molecule has 1 aromatic heterocycles. The molecule has 2 heterocycles. The third kappa shape index (κ3) is 4.58. The van der Waals surface area contributed by atoms with E-state index in [2.05, 4.69) is 48.3 Å². The molecule has 3 aromatic carbocycles. The fraction of sp³-hybridized carbons (Fsp3) is 0.267. The van der Waals surface area contributed by atoms with Gasteiger partial charge in [-0.2, -0.15) is 5.10 Å². The number of phenols is 1. The van der Waals surface area contributed by atoms with Crippen LogP contribution in [0.1, 0.15) is 64.1 Å². The topological polar surface area (TPSA) is 78.5 Å². The lowest BCUT2D eigenvalue weighted by molar-refractivity contribution is 0.0746. The Hall–Kier alpha value is -3.77. The quantitative estimate of drug-likeness (QED) is 0.288. The third-order valence-corrected chi connectivity index (χ3v) is 7.52. The Morgan fingerprint density at radius 2 is 1.81 bits per heavy atom. The van der Waals surface area contributed by atoms with Crippen molar-refractivity contribution >= 4 is 17.5 Å². The van der Waals surface area contributed by atoms with Crippen molar-refractivity contribution in [2.45, 2.75) is 39.2 Å². The second-order valence-electron chi connectivity index (χ2n) is 9.80. The number of nitrogens with one attached hydrogen (secondary N) is 1. The Labute approximate surface area is 221 Å². The number of fused-ring (bicyclic) bond motifs is 1. The molecule has 6 nitrogen and oxygen atoms in total. The average molecular weight is 516 g/mol. The van der Waals surface area contributed by atoms with Gasteiger partial charge in [-0.3, -0.25) is 9.89 Å². The first-order valence-corrected chi connectivity index (χ1v) is 12.8. The zero-order chi connectivity index (χ0) is 26.3. The summed E-state index contributed by atoms with van der Waals surface area (Å²) in [6.07, 6.45) is 0.685. The summed E-state index contributed by atoms with van der Waals surface area (Å²) < 4.78 is 5.27. The van der Waals surface area contributed by atoms with Gasteiger partial charge in [-0.15, -0.1) is 0 Å². The van der Waals surface area contributed by atoms with Gasteiger partial charge in [0.25, 0.3) is 5.91 Å². The molecule has 0 fully saturated rings. The average Bonchev–Trinajstić information content (AvgIpc) is 3.44. The molecule has 0 unspecified atom stereocenters. The molecule has 37 heavy (non-hydrogen) atoms. The summed E-state index contributed by atoms with van der Waals surface area (Å²) in [6.45, 7) is 6.67. The fourth-order valence-electron chi connectivity index (χ4n) is 4.94. The van der Waals surface area contributed by atoms with Gasteiger partial charge in [0.1, 0.15) is 22.9 Å². The molecule has 0 radical (unpaired) electrons. The summed E-state index contributed by atoms with van der Waals surface area (Å²) in [7, 11) is 1.64. The Balaban J connectivity index is 1.57. The lowest BCUT2D eigenvalue weighted by atomic mass is 9.93. The van der Waals surface area contributed by atoms with Crippen LogP contribution in [0.25, 0.3) is 11.3 Å². The minimum atomic E-state index is -0.352. The number of aromatic hydroxyl groups is 1. The Kier molecular flexibility index (Phi) is 6.69. The lowest BCUT2D eigenvalue weighted by Crippen LogP contribution is -2.31. The number of H-pyrrole nitrogens is 1. The summed E-state index contributed by atoms with van der Waals surface area (Å²) in [5, 5.41) is 18.7. The largest absolute Gasteiger partial charge is 0.507 e. The summed E-state index contributed by atoms with van der Waals surface area (Å²) in [5.41, 5.74) is 6.34. The summed E-state index contributed by atoms with van der Waals surface area (Å²) in [4.78, 5) is 15.6. The van der Waals surface area contributed by atoms with Gasteiger partial charge in [-0.05, 0) is 65.8 Å². The van der Waals surface area contributed by atoms with Crippen molar-refractivity contribution < 1.29 is 14.6 Å². The Bertz CT molecular complexity index is 1440. The number of ether oxygens (including phenoxy) is 1. The van der Waals surface area contributed by atoms with Crippen LogP contribution < -0.4 is 4.74 Å². The van der Waals surface area contributed by atoms with Crippen LogP contribution in [-0.4, -0.2) is 39.8 Å². The highest BCUT2D eigenvalue weighted by Crippen LogP contribution is 2.45. The van der Waals surface area contributed by atoms with E-state index in [0.717, 1.165) is 28.0 Å². The molecule has 2 N–H and O–H groups in total. The fourth-order valence-corrected chi connectivity index (χ4v) is 5.10. The number of amides is 1. The second kappa shape index (κ2) is 9.94. The van der Waals surface area contributed by atoms with Gasteiger partial charge < -0.3 is 14.7 Å². The number of phenolic OH excluding ortho intramolecular Hbond substituents is 1. The van der Waals surface area contributed by atoms with Crippen molar-refractivity contribution in [3.05, 3.63) is 99.2 Å². The van der Waals surface area contributed by atoms with Crippen LogP contribution in [0.15, 0.2) is 60.7 Å². The minimum Gasteiger partial charge on any atom is -0.507 e. The van der Waals surface area contributed by atoms with Crippen LogP contribution in [0.3, 0.4) is 0 Å². The molecule has 7 heteroatoms. The first-order valence-electron chi connectivity index (χ1n) is 12.4. The maximum absolute atomic E-state index is 13.7. The highest BCUT2D eigenvalue weighted by molar-refractivity contribution is 6.31. The van der Waals surface area contributed by atoms with Gasteiger partial charge in [-0.1, -0.05) is 61.8 Å². The monoisotopic (exact) mass is 515 g/mol. The summed E-state index contributed by atoms with van der Waals surface area (Å²) >= 11 is 6.42. The highest BCUT2D eigenvalue weighted by Gasteiger charge is 2.42. The van der Waals surface area contributed by atoms with E-state index in [0.29, 0.717) is 40.9 Å². The van der Waals surface area contributed by atoms with Crippen molar-refractivity contribution in [3.8, 4) is 22.8 Å². The first-order chi connectivity index (χ1) is 17.8. The van der Waals surface area contributed by atoms with Crippen molar-refractivity contribution in [2.75, 3.05) is 13.7 Å². The molecule has 0 aliphatic carbocycles. The number of carbonyl (C=O) groups is 1. The zero-order valence-electron chi connectivity index (χ0n) is 21.4. The molecule has 0 spiro atoms. The van der Waals surface area contributed by atoms with Crippen LogP contribution in [-0.2, 0) is 6.42 Å². The predicted molar refractivity (Wildman–Crippen MR) is 146 cm³/mol. The van der Waals surface area contributed by atoms with Gasteiger partial charge in [-0.25, -0.2) is 0 Å². The lowest BCUT2D eigenvalue weighted by Gasteiger charge is -2.27. The highest BCUT2D eigenvalue weighted by atomic mass is 35.5. The van der Waals surface area contributed by atoms with Crippen LogP contribution in [0.4, 0.5) is 0 Å². The molecule has 0 saturated carbocycles. The van der Waals surface area contributed by atoms with Crippen molar-refractivity contribution in [1.29, 1.82) is 0 Å². The van der Waals surface area contributed by atoms with E-state index in [1.165, 1.54) is 5.56 Å². The molecule has 1 aliphatic heterocycles. The predicted octanol–water partition coefficient (Wildman–Crippen LogP) is 6.66. The molecule has 0 saturated heterocycles. The summed E-state index contributed by atoms with van der Waals surface area (Å²) in [6, 6.07) is 19.3. The zero-order valence-corrected chi connectivity index (χ0v) is 22.1. The number of nitrogens with zero attached hydrogens (tertiary/aromatic N) is 2. The minimum absolute atomic E-state index is 0.0780. The maximum Gasteiger partial charge on any atom is 0.273 e. The first kappa shape index (κ1) is 24.9. The van der Waals surface area contributed by atoms with E-state index in [-0.39, 0.29) is 17.7 Å². The second-order valence-corrected chi connectivity index (χ2v) is 10.2. The molecule has 1 atom stereocenters. The molecular formula is C30H30ClN3O3. The molecule has 5 rings (SSSR count). The van der Waals surface area contributed by atoms with Crippen LogP contribution in [0.2, 0.25) is 5.02 Å². The molecule has 0 bridgehead atoms. The van der Waals surface area contributed by atoms with Gasteiger partial charge in [0.2, 0.25) is 0 Å². The van der Waals surface area contributed by atoms with E-state index in [4.69, 9.17) is 16.3 Å². The van der Waals surface area contributed by atoms with Crippen molar-refractivity contribution in [1.82, 2.24) is 15.1 Å². The number of hydrogen-bond acceptors (Lipinski definition) is 4. The molecule has 190 valence electrons. The number of aromatic amines is 1. The normalized spacial score (nSPS) is 14.9. The van der Waals surface area contributed by atoms with Gasteiger partial charge in [0, 0.05) is 22.7 Å². The van der Waals surface area contributed by atoms with Crippen LogP contribution >= 0.6 is 11.6 Å². The smallest absolute Gasteiger partial charge is 0.273 e. The van der Waals surface area contributed by atoms with Gasteiger partial charge >= 0.3 is 0 Å². The maximum atomic E-state index is 13.7. The van der Waals surface area contributed by atoms with Crippen LogP contribution in [0, 0.1) is 6.92 Å². The Morgan fingerprint density at radius 3 is 2.46 bits per heavy atom. The van der Waals surface area contributed by atoms with E-state index >= 15 is 0 Å². The van der Waals surface area contributed by atoms with Gasteiger partial charge in [0.05, 0.1) is 13.2 Å². The third-order valence-electron chi connectivity index (χ3n) is 7.12. The SMILES string of the molecule is COc1ccc(CCN2C(=O)c3[nH]nc(-c4cc(Cl)c(C)cc4O)c3[C@@H]2c2ccc(C(C)C)cc2)cc1. The molecular weight excluding hydrogens is 486 g/mol. The number of aryl methyl sites for hydroxylation is 1. The number of hydrogen-bond donors (Lipinski definition) is 2. The Morgan fingerprint density at radius 1 is 1.11 bits per heavy atom. The number of rotatable bonds is 7. The molecule has 1 aliphatic rings. The standard InChI is InChI=1S/C30H30ClN3O3/c1-17(2)20-7-9-21(10-8-20)29-26-27(23-16-24(31)18(3)15-25(23)35)32-33-28(26)30(36)34(29)14-13-19-5-11-22(37-4)12-6-19/h5-12,15-17,29,35H,13-14H2,1-4H3,(H,32,33)/t29-/m0/s1. The molecule has 4 aromatic rings. The van der Waals surface area contributed by atoms with Crippen molar-refractivity contribution in [2.24, 2.45) is 0 Å². The van der Waals surface area contributed by atoms with Crippen LogP contribution in [0.5, 0.6) is 11.5 Å². The number of aromatic nitrogens is 2. The van der Waals surface area contributed by atoms with E-state index in [9.17, 15) is 9.90 Å². The van der Waals surface area contributed by atoms with E-state index in [1.54, 1.807) is 19.2 Å². The number of carbonyl (C=O) groups excluding carboxylic acids is 1. The molecule has 1 amide bonds. The van der Waals surface area contributed by atoms with E-state index < -0.39 is 0 Å². The van der Waals surface area contributed by atoms with Gasteiger partial charge in [0.15, 0.2) is 0 Å². The van der Waals surface area contributed by atoms with Crippen molar-refractivity contribution in [3.63, 3.8) is 0 Å². The summed E-state index contributed by atoms with van der Waals surface area (Å²) in [5.74, 6) is 1.16. The number of methoxy groups -OCH3 is 1. The van der Waals surface area contributed by atoms with E-state index in [1.807, 2.05) is 36.1 Å².